The fourth-order valence-electron chi connectivity index (χ4n) is 2.50. The molecule has 0 spiro atoms. The van der Waals surface area contributed by atoms with Gasteiger partial charge in [-0.05, 0) is 35.7 Å². The molecule has 2 aromatic carbocycles. The summed E-state index contributed by atoms with van der Waals surface area (Å²) < 4.78 is 0. The number of halogens is 1. The van der Waals surface area contributed by atoms with Crippen LogP contribution in [0.25, 0.3) is 0 Å². The maximum absolute atomic E-state index is 8.83. The molecule has 1 unspecified atom stereocenters. The Morgan fingerprint density at radius 2 is 2.11 bits per heavy atom. The molecular weight excluding hydrogens is 256 g/mol. The molecule has 2 aromatic rings. The third-order valence-corrected chi connectivity index (χ3v) is 3.92. The van der Waals surface area contributed by atoms with Crippen LogP contribution in [0.4, 0.5) is 5.69 Å². The van der Waals surface area contributed by atoms with Crippen molar-refractivity contribution in [2.45, 2.75) is 12.3 Å². The first-order chi connectivity index (χ1) is 9.28. The zero-order valence-electron chi connectivity index (χ0n) is 10.4. The molecule has 0 saturated carbocycles. The minimum absolute atomic E-state index is 0.501. The van der Waals surface area contributed by atoms with Crippen molar-refractivity contribution in [3.05, 3.63) is 64.2 Å². The third-order valence-electron chi connectivity index (χ3n) is 3.60. The standard InChI is InChI=1S/C16H13ClN2/c17-16-8-14(6-5-12(16)9-18)19-10-13-7-11-3-1-2-4-15(11)13/h1-6,8,13,19H,7,10H2. The van der Waals surface area contributed by atoms with Crippen molar-refractivity contribution < 1.29 is 0 Å². The Hall–Kier alpha value is -1.98. The monoisotopic (exact) mass is 268 g/mol. The Labute approximate surface area is 117 Å². The predicted octanol–water partition coefficient (Wildman–Crippen LogP) is 3.96. The largest absolute Gasteiger partial charge is 0.384 e. The van der Waals surface area contributed by atoms with Crippen molar-refractivity contribution in [3.63, 3.8) is 0 Å². The molecule has 0 bridgehead atoms. The zero-order valence-corrected chi connectivity index (χ0v) is 11.1. The normalized spacial score (nSPS) is 16.1. The maximum Gasteiger partial charge on any atom is 0.101 e. The van der Waals surface area contributed by atoms with Crippen LogP contribution in [0.1, 0.15) is 22.6 Å². The van der Waals surface area contributed by atoms with E-state index < -0.39 is 0 Å². The summed E-state index contributed by atoms with van der Waals surface area (Å²) in [5.41, 5.74) is 4.37. The highest BCUT2D eigenvalue weighted by atomic mass is 35.5. The van der Waals surface area contributed by atoms with E-state index in [1.54, 1.807) is 6.07 Å². The van der Waals surface area contributed by atoms with E-state index in [1.807, 2.05) is 12.1 Å². The quantitative estimate of drug-likeness (QED) is 0.914. The predicted molar refractivity (Wildman–Crippen MR) is 77.5 cm³/mol. The number of hydrogen-bond acceptors (Lipinski definition) is 2. The Kier molecular flexibility index (Phi) is 3.15. The van der Waals surface area contributed by atoms with Crippen molar-refractivity contribution in [2.24, 2.45) is 0 Å². The summed E-state index contributed by atoms with van der Waals surface area (Å²) in [7, 11) is 0. The first-order valence-corrected chi connectivity index (χ1v) is 6.67. The van der Waals surface area contributed by atoms with Gasteiger partial charge in [0.1, 0.15) is 6.07 Å². The van der Waals surface area contributed by atoms with Gasteiger partial charge in [-0.25, -0.2) is 0 Å². The van der Waals surface area contributed by atoms with Crippen LogP contribution in [0.15, 0.2) is 42.5 Å². The number of benzene rings is 2. The Balaban J connectivity index is 1.66. The number of nitriles is 1. The van der Waals surface area contributed by atoms with E-state index in [-0.39, 0.29) is 0 Å². The molecule has 2 nitrogen and oxygen atoms in total. The molecule has 94 valence electrons. The lowest BCUT2D eigenvalue weighted by atomic mass is 9.77. The maximum atomic E-state index is 8.83. The summed E-state index contributed by atoms with van der Waals surface area (Å²) in [6, 6.07) is 16.1. The van der Waals surface area contributed by atoms with E-state index in [0.29, 0.717) is 16.5 Å². The van der Waals surface area contributed by atoms with E-state index in [1.165, 1.54) is 11.1 Å². The molecule has 0 saturated heterocycles. The Bertz CT molecular complexity index is 658. The molecular formula is C16H13ClN2. The van der Waals surface area contributed by atoms with E-state index in [9.17, 15) is 0 Å². The molecule has 0 radical (unpaired) electrons. The highest BCUT2D eigenvalue weighted by Crippen LogP contribution is 2.34. The molecule has 19 heavy (non-hydrogen) atoms. The molecule has 1 atom stereocenters. The van der Waals surface area contributed by atoms with Gasteiger partial charge in [-0.15, -0.1) is 0 Å². The first-order valence-electron chi connectivity index (χ1n) is 6.29. The van der Waals surface area contributed by atoms with Crippen LogP contribution in [0.2, 0.25) is 5.02 Å². The van der Waals surface area contributed by atoms with Gasteiger partial charge in [-0.1, -0.05) is 35.9 Å². The van der Waals surface area contributed by atoms with Crippen molar-refractivity contribution >= 4 is 17.3 Å². The van der Waals surface area contributed by atoms with Crippen molar-refractivity contribution in [3.8, 4) is 6.07 Å². The summed E-state index contributed by atoms with van der Waals surface area (Å²) in [4.78, 5) is 0. The van der Waals surface area contributed by atoms with Crippen LogP contribution in [-0.2, 0) is 6.42 Å². The molecule has 0 aromatic heterocycles. The van der Waals surface area contributed by atoms with Crippen LogP contribution in [0, 0.1) is 11.3 Å². The number of fused-ring (bicyclic) bond motifs is 1. The minimum Gasteiger partial charge on any atom is -0.384 e. The number of hydrogen-bond donors (Lipinski definition) is 1. The molecule has 3 heteroatoms. The van der Waals surface area contributed by atoms with Gasteiger partial charge in [0.25, 0.3) is 0 Å². The van der Waals surface area contributed by atoms with Crippen molar-refractivity contribution in [1.82, 2.24) is 0 Å². The van der Waals surface area contributed by atoms with Gasteiger partial charge in [0.15, 0.2) is 0 Å². The van der Waals surface area contributed by atoms with Crippen LogP contribution in [0.3, 0.4) is 0 Å². The smallest absolute Gasteiger partial charge is 0.101 e. The van der Waals surface area contributed by atoms with Crippen LogP contribution >= 0.6 is 11.6 Å². The van der Waals surface area contributed by atoms with Crippen LogP contribution < -0.4 is 5.32 Å². The average molecular weight is 269 g/mol. The van der Waals surface area contributed by atoms with Crippen LogP contribution in [-0.4, -0.2) is 6.54 Å². The third kappa shape index (κ3) is 2.30. The van der Waals surface area contributed by atoms with E-state index in [0.717, 1.165) is 18.7 Å². The van der Waals surface area contributed by atoms with Gasteiger partial charge in [-0.3, -0.25) is 0 Å². The lowest BCUT2D eigenvalue weighted by molar-refractivity contribution is 0.636. The highest BCUT2D eigenvalue weighted by molar-refractivity contribution is 6.32. The summed E-state index contributed by atoms with van der Waals surface area (Å²) in [5.74, 6) is 0.575. The Morgan fingerprint density at radius 1 is 1.26 bits per heavy atom. The summed E-state index contributed by atoms with van der Waals surface area (Å²) in [6.07, 6.45) is 1.13. The van der Waals surface area contributed by atoms with Crippen molar-refractivity contribution in [1.29, 1.82) is 5.26 Å². The minimum atomic E-state index is 0.501. The molecule has 0 amide bonds. The first kappa shape index (κ1) is 12.1. The number of rotatable bonds is 3. The second-order valence-electron chi connectivity index (χ2n) is 4.79. The van der Waals surface area contributed by atoms with Gasteiger partial charge in [0.2, 0.25) is 0 Å². The van der Waals surface area contributed by atoms with Gasteiger partial charge in [0.05, 0.1) is 10.6 Å². The molecule has 0 fully saturated rings. The molecule has 3 rings (SSSR count). The second-order valence-corrected chi connectivity index (χ2v) is 5.19. The van der Waals surface area contributed by atoms with Gasteiger partial charge >= 0.3 is 0 Å². The molecule has 0 heterocycles. The SMILES string of the molecule is N#Cc1ccc(NCC2Cc3ccccc32)cc1Cl. The fraction of sp³-hybridized carbons (Fsp3) is 0.188. The molecule has 1 N–H and O–H groups in total. The second kappa shape index (κ2) is 4.95. The lowest BCUT2D eigenvalue weighted by Gasteiger charge is -2.30. The summed E-state index contributed by atoms with van der Waals surface area (Å²) >= 11 is 6.01. The summed E-state index contributed by atoms with van der Waals surface area (Å²) in [5, 5.41) is 12.7. The van der Waals surface area contributed by atoms with E-state index in [4.69, 9.17) is 16.9 Å². The van der Waals surface area contributed by atoms with Gasteiger partial charge in [0, 0.05) is 18.2 Å². The van der Waals surface area contributed by atoms with Crippen LogP contribution in [0.5, 0.6) is 0 Å². The molecule has 0 aliphatic heterocycles. The van der Waals surface area contributed by atoms with Gasteiger partial charge < -0.3 is 5.32 Å². The molecule has 1 aliphatic rings. The van der Waals surface area contributed by atoms with E-state index in [2.05, 4.69) is 35.7 Å². The number of anilines is 1. The zero-order chi connectivity index (χ0) is 13.2. The topological polar surface area (TPSA) is 35.8 Å². The number of nitrogens with zero attached hydrogens (tertiary/aromatic N) is 1. The molecule has 1 aliphatic carbocycles. The average Bonchev–Trinajstić information content (AvgIpc) is 2.40. The lowest BCUT2D eigenvalue weighted by Crippen LogP contribution is -2.24. The fourth-order valence-corrected chi connectivity index (χ4v) is 2.72. The summed E-state index contributed by atoms with van der Waals surface area (Å²) in [6.45, 7) is 0.902. The number of nitrogens with one attached hydrogen (secondary N) is 1. The Morgan fingerprint density at radius 3 is 2.84 bits per heavy atom. The van der Waals surface area contributed by atoms with E-state index >= 15 is 0 Å². The van der Waals surface area contributed by atoms with Crippen molar-refractivity contribution in [2.75, 3.05) is 11.9 Å². The highest BCUT2D eigenvalue weighted by Gasteiger charge is 2.24. The van der Waals surface area contributed by atoms with Gasteiger partial charge in [-0.2, -0.15) is 5.26 Å².